The molecule has 3 aromatic carbocycles. The van der Waals surface area contributed by atoms with Crippen LogP contribution in [0.4, 0.5) is 0 Å². The van der Waals surface area contributed by atoms with E-state index in [-0.39, 0.29) is 0 Å². The summed E-state index contributed by atoms with van der Waals surface area (Å²) in [4.78, 5) is 1.34. The van der Waals surface area contributed by atoms with Crippen molar-refractivity contribution < 1.29 is 0 Å². The molecule has 0 aliphatic carbocycles. The molecule has 0 spiro atoms. The van der Waals surface area contributed by atoms with Crippen molar-refractivity contribution >= 4 is 48.8 Å². The van der Waals surface area contributed by atoms with Gasteiger partial charge in [-0.1, -0.05) is 74.7 Å². The predicted molar refractivity (Wildman–Crippen MR) is 120 cm³/mol. The summed E-state index contributed by atoms with van der Waals surface area (Å²) in [6.07, 6.45) is 6.37. The van der Waals surface area contributed by atoms with Gasteiger partial charge in [-0.3, -0.25) is 0 Å². The summed E-state index contributed by atoms with van der Waals surface area (Å²) in [7, 11) is 0. The first kappa shape index (κ1) is 17.8. The Morgan fingerprint density at radius 2 is 1.35 bits per heavy atom. The largest absolute Gasteiger partial charge is 0.128 e. The van der Waals surface area contributed by atoms with Gasteiger partial charge in [-0.25, -0.2) is 0 Å². The number of rotatable bonds is 6. The monoisotopic (exact) mass is 422 g/mol. The van der Waals surface area contributed by atoms with Crippen LogP contribution in [0.2, 0.25) is 0 Å². The van der Waals surface area contributed by atoms with E-state index in [2.05, 4.69) is 83.5 Å². The van der Waals surface area contributed by atoms with Crippen LogP contribution >= 0.6 is 27.3 Å². The van der Waals surface area contributed by atoms with Gasteiger partial charge in [0.25, 0.3) is 0 Å². The lowest BCUT2D eigenvalue weighted by Gasteiger charge is -2.16. The zero-order chi connectivity index (χ0) is 17.9. The molecule has 1 heterocycles. The molecule has 4 aromatic rings. The molecule has 1 aromatic heterocycles. The Labute approximate surface area is 168 Å². The van der Waals surface area contributed by atoms with Gasteiger partial charge in [0.15, 0.2) is 0 Å². The minimum Gasteiger partial charge on any atom is -0.128 e. The fraction of sp³-hybridized carbons (Fsp3) is 0.250. The molecule has 0 saturated heterocycles. The fourth-order valence-electron chi connectivity index (χ4n) is 3.93. The molecule has 0 fully saturated rings. The molecule has 0 bridgehead atoms. The quantitative estimate of drug-likeness (QED) is 0.215. The number of aryl methyl sites for hydroxylation is 1. The number of hydrogen-bond acceptors (Lipinski definition) is 1. The van der Waals surface area contributed by atoms with Gasteiger partial charge in [-0.2, -0.15) is 0 Å². The smallest absolute Gasteiger partial charge is 0.0705 e. The minimum absolute atomic E-state index is 1.16. The van der Waals surface area contributed by atoms with Crippen LogP contribution in [0.5, 0.6) is 0 Å². The second-order valence-corrected chi connectivity index (χ2v) is 9.32. The van der Waals surface area contributed by atoms with Crippen LogP contribution < -0.4 is 0 Å². The molecule has 0 aliphatic heterocycles. The van der Waals surface area contributed by atoms with Crippen molar-refractivity contribution in [2.75, 3.05) is 0 Å². The maximum absolute atomic E-state index is 3.64. The molecule has 0 aliphatic rings. The van der Waals surface area contributed by atoms with Gasteiger partial charge in [-0.15, -0.1) is 11.3 Å². The number of unbranched alkanes of at least 4 members (excludes halogenated alkanes) is 3. The van der Waals surface area contributed by atoms with Gasteiger partial charge >= 0.3 is 0 Å². The van der Waals surface area contributed by atoms with E-state index in [1.54, 1.807) is 0 Å². The molecule has 26 heavy (non-hydrogen) atoms. The Hall–Kier alpha value is -1.64. The molecule has 0 saturated carbocycles. The zero-order valence-corrected chi connectivity index (χ0v) is 17.5. The lowest BCUT2D eigenvalue weighted by atomic mass is 9.89. The van der Waals surface area contributed by atoms with E-state index in [9.17, 15) is 0 Å². The van der Waals surface area contributed by atoms with Crippen LogP contribution in [-0.2, 0) is 6.42 Å². The number of benzene rings is 3. The third-order valence-electron chi connectivity index (χ3n) is 5.14. The van der Waals surface area contributed by atoms with Crippen molar-refractivity contribution in [3.63, 3.8) is 0 Å². The molecule has 0 radical (unpaired) electrons. The van der Waals surface area contributed by atoms with E-state index in [1.807, 2.05) is 11.3 Å². The van der Waals surface area contributed by atoms with Crippen molar-refractivity contribution in [1.29, 1.82) is 0 Å². The Morgan fingerprint density at radius 1 is 0.731 bits per heavy atom. The maximum atomic E-state index is 3.64. The summed E-state index contributed by atoms with van der Waals surface area (Å²) in [5.41, 5.74) is 2.90. The topological polar surface area (TPSA) is 0 Å². The summed E-state index contributed by atoms with van der Waals surface area (Å²) >= 11 is 5.46. The fourth-order valence-corrected chi connectivity index (χ4v) is 5.39. The van der Waals surface area contributed by atoms with Crippen LogP contribution in [0.15, 0.2) is 64.5 Å². The second-order valence-electron chi connectivity index (χ2n) is 6.86. The molecule has 0 N–H and O–H groups in total. The number of hydrogen-bond donors (Lipinski definition) is 0. The summed E-state index contributed by atoms with van der Waals surface area (Å²) in [6.45, 7) is 2.28. The minimum atomic E-state index is 1.16. The van der Waals surface area contributed by atoms with Gasteiger partial charge in [-0.05, 0) is 68.0 Å². The van der Waals surface area contributed by atoms with E-state index in [1.165, 1.54) is 67.0 Å². The molecular weight excluding hydrogens is 400 g/mol. The van der Waals surface area contributed by atoms with Crippen molar-refractivity contribution in [3.8, 4) is 10.4 Å². The SMILES string of the molecule is CCCCCCc1c2ccccc2c(-c2ccc(Br)s2)c2ccccc12. The first-order valence-corrected chi connectivity index (χ1v) is 11.1. The first-order chi connectivity index (χ1) is 12.8. The highest BCUT2D eigenvalue weighted by Gasteiger charge is 2.15. The molecule has 0 amide bonds. The third-order valence-corrected chi connectivity index (χ3v) is 6.78. The van der Waals surface area contributed by atoms with Crippen LogP contribution in [0.1, 0.15) is 38.2 Å². The molecule has 0 atom stereocenters. The average molecular weight is 423 g/mol. The highest BCUT2D eigenvalue weighted by Crippen LogP contribution is 2.42. The molecular formula is C24H23BrS. The lowest BCUT2D eigenvalue weighted by Crippen LogP contribution is -1.93. The highest BCUT2D eigenvalue weighted by molar-refractivity contribution is 9.11. The van der Waals surface area contributed by atoms with E-state index in [4.69, 9.17) is 0 Å². The number of thiophene rings is 1. The second kappa shape index (κ2) is 7.94. The highest BCUT2D eigenvalue weighted by atomic mass is 79.9. The van der Waals surface area contributed by atoms with Crippen molar-refractivity contribution in [3.05, 3.63) is 70.0 Å². The predicted octanol–water partition coefficient (Wildman–Crippen LogP) is 8.61. The number of fused-ring (bicyclic) bond motifs is 2. The molecule has 0 nitrogen and oxygen atoms in total. The van der Waals surface area contributed by atoms with Gasteiger partial charge < -0.3 is 0 Å². The Bertz CT molecular complexity index is 988. The van der Waals surface area contributed by atoms with Crippen molar-refractivity contribution in [2.24, 2.45) is 0 Å². The van der Waals surface area contributed by atoms with E-state index in [0.717, 1.165) is 6.42 Å². The number of halogens is 1. The van der Waals surface area contributed by atoms with Gasteiger partial charge in [0.05, 0.1) is 3.79 Å². The Morgan fingerprint density at radius 3 is 1.88 bits per heavy atom. The molecule has 132 valence electrons. The first-order valence-electron chi connectivity index (χ1n) is 9.47. The zero-order valence-electron chi connectivity index (χ0n) is 15.1. The van der Waals surface area contributed by atoms with Crippen LogP contribution in [0, 0.1) is 0 Å². The molecule has 4 rings (SSSR count). The van der Waals surface area contributed by atoms with E-state index < -0.39 is 0 Å². The maximum Gasteiger partial charge on any atom is 0.0705 e. The summed E-state index contributed by atoms with van der Waals surface area (Å²) in [6, 6.07) is 22.3. The summed E-state index contributed by atoms with van der Waals surface area (Å²) in [5.74, 6) is 0. The molecule has 2 heteroatoms. The van der Waals surface area contributed by atoms with Gasteiger partial charge in [0.2, 0.25) is 0 Å². The van der Waals surface area contributed by atoms with Crippen molar-refractivity contribution in [2.45, 2.75) is 39.0 Å². The standard InChI is InChI=1S/C24H23BrS/c1-2-3-4-5-10-17-18-11-6-8-13-20(18)24(22-15-16-23(25)26-22)21-14-9-7-12-19(17)21/h6-9,11-16H,2-5,10H2,1H3. The van der Waals surface area contributed by atoms with Crippen molar-refractivity contribution in [1.82, 2.24) is 0 Å². The van der Waals surface area contributed by atoms with Gasteiger partial charge in [0, 0.05) is 10.4 Å². The van der Waals surface area contributed by atoms with Crippen LogP contribution in [0.25, 0.3) is 32.0 Å². The Balaban J connectivity index is 1.97. The van der Waals surface area contributed by atoms with Crippen LogP contribution in [0.3, 0.4) is 0 Å². The normalized spacial score (nSPS) is 11.5. The average Bonchev–Trinajstić information content (AvgIpc) is 3.10. The van der Waals surface area contributed by atoms with Gasteiger partial charge in [0.1, 0.15) is 0 Å². The summed E-state index contributed by atoms with van der Waals surface area (Å²) < 4.78 is 1.18. The lowest BCUT2D eigenvalue weighted by molar-refractivity contribution is 0.669. The van der Waals surface area contributed by atoms with E-state index >= 15 is 0 Å². The third kappa shape index (κ3) is 3.33. The molecule has 0 unspecified atom stereocenters. The Kier molecular flexibility index (Phi) is 5.42. The van der Waals surface area contributed by atoms with E-state index in [0.29, 0.717) is 0 Å². The van der Waals surface area contributed by atoms with Crippen LogP contribution in [-0.4, -0.2) is 0 Å². The summed E-state index contributed by atoms with van der Waals surface area (Å²) in [5, 5.41) is 5.60.